The van der Waals surface area contributed by atoms with Crippen molar-refractivity contribution in [1.29, 1.82) is 0 Å². The molecule has 3 rings (SSSR count). The van der Waals surface area contributed by atoms with Gasteiger partial charge in [-0.25, -0.2) is 0 Å². The van der Waals surface area contributed by atoms with Crippen molar-refractivity contribution in [2.24, 2.45) is 11.8 Å². The molecule has 0 bridgehead atoms. The maximum Gasteiger partial charge on any atom is 0.0622 e. The topological polar surface area (TPSA) is 32.7 Å². The molecule has 1 aliphatic carbocycles. The first-order chi connectivity index (χ1) is 6.84. The lowest BCUT2D eigenvalue weighted by Gasteiger charge is -2.23. The van der Waals surface area contributed by atoms with Gasteiger partial charge in [0.1, 0.15) is 0 Å². The minimum atomic E-state index is -0.0210. The summed E-state index contributed by atoms with van der Waals surface area (Å²) in [4.78, 5) is 2.55. The van der Waals surface area contributed by atoms with E-state index in [1.54, 1.807) is 0 Å². The predicted molar refractivity (Wildman–Crippen MR) is 53.0 cm³/mol. The van der Waals surface area contributed by atoms with Crippen molar-refractivity contribution in [3.63, 3.8) is 0 Å². The predicted octanol–water partition coefficient (Wildman–Crippen LogP) is 0.478. The Morgan fingerprint density at radius 1 is 1.14 bits per heavy atom. The number of aliphatic hydroxyl groups excluding tert-OH is 1. The highest BCUT2D eigenvalue weighted by Crippen LogP contribution is 2.39. The van der Waals surface area contributed by atoms with Gasteiger partial charge in [0.25, 0.3) is 0 Å². The number of hydrogen-bond donors (Lipinski definition) is 1. The first-order valence-electron chi connectivity index (χ1n) is 5.84. The van der Waals surface area contributed by atoms with Gasteiger partial charge >= 0.3 is 0 Å². The van der Waals surface area contributed by atoms with Crippen LogP contribution in [0.15, 0.2) is 0 Å². The van der Waals surface area contributed by atoms with Gasteiger partial charge in [0.05, 0.1) is 12.7 Å². The molecule has 2 heterocycles. The molecule has 80 valence electrons. The van der Waals surface area contributed by atoms with Gasteiger partial charge in [0.2, 0.25) is 0 Å². The average molecular weight is 197 g/mol. The SMILES string of the molecule is OC1CCC2CN(C3CCOC3)CC12. The van der Waals surface area contributed by atoms with E-state index < -0.39 is 0 Å². The van der Waals surface area contributed by atoms with Crippen LogP contribution in [0.3, 0.4) is 0 Å². The molecular weight excluding hydrogens is 178 g/mol. The zero-order chi connectivity index (χ0) is 9.54. The summed E-state index contributed by atoms with van der Waals surface area (Å²) in [5.74, 6) is 1.33. The van der Waals surface area contributed by atoms with Crippen LogP contribution in [0.2, 0.25) is 0 Å². The molecule has 14 heavy (non-hydrogen) atoms. The molecular formula is C11H19NO2. The normalized spacial score (nSPS) is 48.6. The van der Waals surface area contributed by atoms with Crippen LogP contribution in [0.4, 0.5) is 0 Å². The maximum atomic E-state index is 9.80. The molecule has 4 atom stereocenters. The maximum absolute atomic E-state index is 9.80. The van der Waals surface area contributed by atoms with E-state index >= 15 is 0 Å². The van der Waals surface area contributed by atoms with Crippen LogP contribution in [-0.4, -0.2) is 48.5 Å². The second-order valence-electron chi connectivity index (χ2n) is 5.04. The summed E-state index contributed by atoms with van der Waals surface area (Å²) in [5.41, 5.74) is 0. The van der Waals surface area contributed by atoms with Crippen LogP contribution in [0, 0.1) is 11.8 Å². The monoisotopic (exact) mass is 197 g/mol. The van der Waals surface area contributed by atoms with Crippen LogP contribution in [0.1, 0.15) is 19.3 Å². The molecule has 1 saturated carbocycles. The molecule has 0 aromatic carbocycles. The van der Waals surface area contributed by atoms with E-state index in [4.69, 9.17) is 4.74 Å². The molecule has 1 N–H and O–H groups in total. The summed E-state index contributed by atoms with van der Waals surface area (Å²) in [6, 6.07) is 0.646. The number of aliphatic hydroxyl groups is 1. The molecule has 0 aromatic heterocycles. The van der Waals surface area contributed by atoms with E-state index in [0.29, 0.717) is 12.0 Å². The third kappa shape index (κ3) is 1.38. The van der Waals surface area contributed by atoms with Crippen molar-refractivity contribution in [2.75, 3.05) is 26.3 Å². The van der Waals surface area contributed by atoms with Gasteiger partial charge in [-0.15, -0.1) is 0 Å². The van der Waals surface area contributed by atoms with Crippen molar-refractivity contribution in [2.45, 2.75) is 31.4 Å². The zero-order valence-corrected chi connectivity index (χ0v) is 8.56. The Hall–Kier alpha value is -0.120. The molecule has 3 heteroatoms. The number of hydrogen-bond acceptors (Lipinski definition) is 3. The highest BCUT2D eigenvalue weighted by atomic mass is 16.5. The Balaban J connectivity index is 1.64. The molecule has 0 spiro atoms. The number of nitrogens with zero attached hydrogens (tertiary/aromatic N) is 1. The molecule has 0 radical (unpaired) electrons. The molecule has 2 aliphatic heterocycles. The Kier molecular flexibility index (Phi) is 2.26. The smallest absolute Gasteiger partial charge is 0.0622 e. The number of fused-ring (bicyclic) bond motifs is 1. The fourth-order valence-electron chi connectivity index (χ4n) is 3.38. The van der Waals surface area contributed by atoms with E-state index in [9.17, 15) is 5.11 Å². The molecule has 3 nitrogen and oxygen atoms in total. The van der Waals surface area contributed by atoms with E-state index in [1.807, 2.05) is 0 Å². The van der Waals surface area contributed by atoms with Crippen molar-refractivity contribution in [1.82, 2.24) is 4.90 Å². The van der Waals surface area contributed by atoms with E-state index in [0.717, 1.165) is 32.1 Å². The molecule has 3 aliphatic rings. The van der Waals surface area contributed by atoms with Crippen LogP contribution >= 0.6 is 0 Å². The third-order valence-electron chi connectivity index (χ3n) is 4.27. The minimum absolute atomic E-state index is 0.0210. The number of ether oxygens (including phenoxy) is 1. The van der Waals surface area contributed by atoms with Crippen LogP contribution in [-0.2, 0) is 4.74 Å². The largest absolute Gasteiger partial charge is 0.393 e. The van der Waals surface area contributed by atoms with Gasteiger partial charge in [-0.2, -0.15) is 0 Å². The average Bonchev–Trinajstić information content (AvgIpc) is 2.83. The summed E-state index contributed by atoms with van der Waals surface area (Å²) in [5, 5.41) is 9.80. The van der Waals surface area contributed by atoms with Crippen molar-refractivity contribution >= 4 is 0 Å². The fraction of sp³-hybridized carbons (Fsp3) is 1.00. The molecule has 2 saturated heterocycles. The lowest BCUT2D eigenvalue weighted by molar-refractivity contribution is 0.112. The Morgan fingerprint density at radius 3 is 2.79 bits per heavy atom. The summed E-state index contributed by atoms with van der Waals surface area (Å²) in [7, 11) is 0. The molecule has 0 amide bonds. The first-order valence-corrected chi connectivity index (χ1v) is 5.84. The van der Waals surface area contributed by atoms with Crippen LogP contribution < -0.4 is 0 Å². The van der Waals surface area contributed by atoms with Gasteiger partial charge < -0.3 is 9.84 Å². The lowest BCUT2D eigenvalue weighted by Crippen LogP contribution is -2.35. The van der Waals surface area contributed by atoms with Crippen LogP contribution in [0.5, 0.6) is 0 Å². The second-order valence-corrected chi connectivity index (χ2v) is 5.04. The molecule has 3 fully saturated rings. The van der Waals surface area contributed by atoms with Gasteiger partial charge in [-0.05, 0) is 25.2 Å². The lowest BCUT2D eigenvalue weighted by atomic mass is 10.00. The van der Waals surface area contributed by atoms with Gasteiger partial charge in [0.15, 0.2) is 0 Å². The fourth-order valence-corrected chi connectivity index (χ4v) is 3.38. The van der Waals surface area contributed by atoms with Gasteiger partial charge in [-0.1, -0.05) is 0 Å². The summed E-state index contributed by atoms with van der Waals surface area (Å²) in [6.07, 6.45) is 3.43. The van der Waals surface area contributed by atoms with Gasteiger partial charge in [0, 0.05) is 31.7 Å². The number of rotatable bonds is 1. The highest BCUT2D eigenvalue weighted by molar-refractivity contribution is 4.96. The molecule has 4 unspecified atom stereocenters. The number of likely N-dealkylation sites (tertiary alicyclic amines) is 1. The van der Waals surface area contributed by atoms with E-state index in [2.05, 4.69) is 4.90 Å². The van der Waals surface area contributed by atoms with Crippen LogP contribution in [0.25, 0.3) is 0 Å². The second kappa shape index (κ2) is 3.47. The van der Waals surface area contributed by atoms with E-state index in [-0.39, 0.29) is 6.10 Å². The van der Waals surface area contributed by atoms with Crippen molar-refractivity contribution < 1.29 is 9.84 Å². The quantitative estimate of drug-likeness (QED) is 0.663. The Morgan fingerprint density at radius 2 is 2.07 bits per heavy atom. The zero-order valence-electron chi connectivity index (χ0n) is 8.56. The van der Waals surface area contributed by atoms with Crippen molar-refractivity contribution in [3.8, 4) is 0 Å². The third-order valence-corrected chi connectivity index (χ3v) is 4.27. The Labute approximate surface area is 85.0 Å². The minimum Gasteiger partial charge on any atom is -0.393 e. The summed E-state index contributed by atoms with van der Waals surface area (Å²) < 4.78 is 5.41. The Bertz CT molecular complexity index is 215. The highest BCUT2D eigenvalue weighted by Gasteiger charge is 2.43. The standard InChI is InChI=1S/C11H19NO2/c13-11-2-1-8-5-12(6-10(8)11)9-3-4-14-7-9/h8-11,13H,1-7H2. The van der Waals surface area contributed by atoms with E-state index in [1.165, 1.54) is 19.4 Å². The first kappa shape index (κ1) is 9.13. The van der Waals surface area contributed by atoms with Gasteiger partial charge in [-0.3, -0.25) is 4.90 Å². The molecule has 0 aromatic rings. The summed E-state index contributed by atoms with van der Waals surface area (Å²) >= 11 is 0. The summed E-state index contributed by atoms with van der Waals surface area (Å²) in [6.45, 7) is 4.16. The van der Waals surface area contributed by atoms with Crippen molar-refractivity contribution in [3.05, 3.63) is 0 Å².